The highest BCUT2D eigenvalue weighted by Crippen LogP contribution is 2.38. The van der Waals surface area contributed by atoms with Crippen LogP contribution in [0.5, 0.6) is 0 Å². The number of benzene rings is 1. The minimum Gasteiger partial charge on any atom is -0.0649 e. The van der Waals surface area contributed by atoms with E-state index in [0.717, 1.165) is 0 Å². The lowest BCUT2D eigenvalue weighted by atomic mass is 9.74. The molecule has 0 N–H and O–H groups in total. The van der Waals surface area contributed by atoms with Crippen molar-refractivity contribution in [1.29, 1.82) is 0 Å². The summed E-state index contributed by atoms with van der Waals surface area (Å²) in [4.78, 5) is 0. The molecule has 0 aliphatic heterocycles. The van der Waals surface area contributed by atoms with Gasteiger partial charge >= 0.3 is 0 Å². The fraction of sp³-hybridized carbons (Fsp3) is 0.625. The molecule has 90 valence electrons. The standard InChI is InChI=1S/C16H26/c1-6-16(4,5)12-15(13(2)3)14-10-8-7-9-11-14/h7-11,13,15H,6,12H2,1-5H3. The number of hydrogen-bond acceptors (Lipinski definition) is 0. The highest BCUT2D eigenvalue weighted by Gasteiger charge is 2.24. The van der Waals surface area contributed by atoms with Gasteiger partial charge in [-0.15, -0.1) is 0 Å². The zero-order valence-corrected chi connectivity index (χ0v) is 11.5. The van der Waals surface area contributed by atoms with Crippen LogP contribution < -0.4 is 0 Å². The third-order valence-electron chi connectivity index (χ3n) is 3.76. The van der Waals surface area contributed by atoms with E-state index in [9.17, 15) is 0 Å². The molecule has 0 fully saturated rings. The van der Waals surface area contributed by atoms with Crippen LogP contribution in [0.4, 0.5) is 0 Å². The van der Waals surface area contributed by atoms with Crippen LogP contribution in [0.25, 0.3) is 0 Å². The molecule has 1 unspecified atom stereocenters. The first-order valence-electron chi connectivity index (χ1n) is 6.51. The Labute approximate surface area is 101 Å². The van der Waals surface area contributed by atoms with Gasteiger partial charge in [0.15, 0.2) is 0 Å². The van der Waals surface area contributed by atoms with Gasteiger partial charge in [-0.2, -0.15) is 0 Å². The van der Waals surface area contributed by atoms with Gasteiger partial charge < -0.3 is 0 Å². The van der Waals surface area contributed by atoms with Gasteiger partial charge in [0.05, 0.1) is 0 Å². The van der Waals surface area contributed by atoms with Gasteiger partial charge in [0, 0.05) is 0 Å². The Kier molecular flexibility index (Phi) is 4.58. The van der Waals surface area contributed by atoms with Crippen molar-refractivity contribution in [2.75, 3.05) is 0 Å². The van der Waals surface area contributed by atoms with E-state index in [-0.39, 0.29) is 0 Å². The van der Waals surface area contributed by atoms with Crippen molar-refractivity contribution in [3.63, 3.8) is 0 Å². The SMILES string of the molecule is CCC(C)(C)CC(c1ccccc1)C(C)C. The summed E-state index contributed by atoms with van der Waals surface area (Å²) >= 11 is 0. The first kappa shape index (κ1) is 13.3. The lowest BCUT2D eigenvalue weighted by Crippen LogP contribution is -2.18. The van der Waals surface area contributed by atoms with Gasteiger partial charge in [-0.05, 0) is 29.2 Å². The van der Waals surface area contributed by atoms with Gasteiger partial charge in [0.2, 0.25) is 0 Å². The largest absolute Gasteiger partial charge is 0.0649 e. The molecule has 0 saturated carbocycles. The minimum absolute atomic E-state index is 0.449. The van der Waals surface area contributed by atoms with Gasteiger partial charge in [0.1, 0.15) is 0 Å². The Morgan fingerprint density at radius 1 is 1.06 bits per heavy atom. The fourth-order valence-electron chi connectivity index (χ4n) is 2.18. The van der Waals surface area contributed by atoms with Gasteiger partial charge in [-0.3, -0.25) is 0 Å². The van der Waals surface area contributed by atoms with Gasteiger partial charge in [0.25, 0.3) is 0 Å². The van der Waals surface area contributed by atoms with Crippen molar-refractivity contribution < 1.29 is 0 Å². The molecule has 0 spiro atoms. The van der Waals surface area contributed by atoms with Crippen molar-refractivity contribution in [3.05, 3.63) is 35.9 Å². The van der Waals surface area contributed by atoms with Crippen molar-refractivity contribution in [2.24, 2.45) is 11.3 Å². The first-order valence-corrected chi connectivity index (χ1v) is 6.51. The predicted octanol–water partition coefficient (Wildman–Crippen LogP) is 5.25. The zero-order chi connectivity index (χ0) is 12.2. The fourth-order valence-corrected chi connectivity index (χ4v) is 2.18. The van der Waals surface area contributed by atoms with E-state index in [1.807, 2.05) is 0 Å². The van der Waals surface area contributed by atoms with Crippen LogP contribution in [0.1, 0.15) is 58.9 Å². The topological polar surface area (TPSA) is 0 Å². The molecule has 0 bridgehead atoms. The second-order valence-electron chi connectivity index (χ2n) is 5.98. The summed E-state index contributed by atoms with van der Waals surface area (Å²) in [7, 11) is 0. The van der Waals surface area contributed by atoms with E-state index < -0.39 is 0 Å². The highest BCUT2D eigenvalue weighted by atomic mass is 14.3. The second kappa shape index (κ2) is 5.52. The second-order valence-corrected chi connectivity index (χ2v) is 5.98. The average Bonchev–Trinajstić information content (AvgIpc) is 2.27. The number of rotatable bonds is 5. The molecule has 0 radical (unpaired) electrons. The molecular formula is C16H26. The molecule has 0 heteroatoms. The summed E-state index contributed by atoms with van der Waals surface area (Å²) in [6.45, 7) is 11.7. The van der Waals surface area contributed by atoms with E-state index >= 15 is 0 Å². The Morgan fingerprint density at radius 3 is 2.06 bits per heavy atom. The summed E-state index contributed by atoms with van der Waals surface area (Å²) in [5.74, 6) is 1.41. The first-order chi connectivity index (χ1) is 7.46. The van der Waals surface area contributed by atoms with E-state index in [1.165, 1.54) is 18.4 Å². The highest BCUT2D eigenvalue weighted by molar-refractivity contribution is 5.20. The lowest BCUT2D eigenvalue weighted by Gasteiger charge is -2.31. The Morgan fingerprint density at radius 2 is 1.62 bits per heavy atom. The van der Waals surface area contributed by atoms with Crippen molar-refractivity contribution >= 4 is 0 Å². The van der Waals surface area contributed by atoms with E-state index in [1.54, 1.807) is 0 Å². The average molecular weight is 218 g/mol. The molecule has 0 nitrogen and oxygen atoms in total. The summed E-state index contributed by atoms with van der Waals surface area (Å²) in [6, 6.07) is 11.0. The van der Waals surface area contributed by atoms with Crippen LogP contribution in [0, 0.1) is 11.3 Å². The van der Waals surface area contributed by atoms with Crippen LogP contribution in [-0.2, 0) is 0 Å². The summed E-state index contributed by atoms with van der Waals surface area (Å²) < 4.78 is 0. The lowest BCUT2D eigenvalue weighted by molar-refractivity contribution is 0.264. The predicted molar refractivity (Wildman–Crippen MR) is 72.7 cm³/mol. The molecule has 0 aliphatic carbocycles. The van der Waals surface area contributed by atoms with E-state index in [0.29, 0.717) is 17.3 Å². The van der Waals surface area contributed by atoms with Crippen molar-refractivity contribution in [3.8, 4) is 0 Å². The van der Waals surface area contributed by atoms with Crippen molar-refractivity contribution in [1.82, 2.24) is 0 Å². The van der Waals surface area contributed by atoms with E-state index in [2.05, 4.69) is 65.0 Å². The summed E-state index contributed by atoms with van der Waals surface area (Å²) in [5.41, 5.74) is 1.95. The molecule has 1 atom stereocenters. The monoisotopic (exact) mass is 218 g/mol. The molecule has 1 rings (SSSR count). The summed E-state index contributed by atoms with van der Waals surface area (Å²) in [6.07, 6.45) is 2.54. The molecule has 1 aromatic carbocycles. The molecular weight excluding hydrogens is 192 g/mol. The maximum absolute atomic E-state index is 2.38. The maximum atomic E-state index is 2.38. The van der Waals surface area contributed by atoms with Crippen LogP contribution in [0.15, 0.2) is 30.3 Å². The molecule has 0 saturated heterocycles. The Hall–Kier alpha value is -0.780. The van der Waals surface area contributed by atoms with Gasteiger partial charge in [-0.25, -0.2) is 0 Å². The van der Waals surface area contributed by atoms with Crippen LogP contribution in [0.3, 0.4) is 0 Å². The molecule has 0 aromatic heterocycles. The van der Waals surface area contributed by atoms with Crippen LogP contribution >= 0.6 is 0 Å². The molecule has 0 aliphatic rings. The van der Waals surface area contributed by atoms with Crippen LogP contribution in [0.2, 0.25) is 0 Å². The Bertz CT molecular complexity index is 295. The molecule has 1 aromatic rings. The summed E-state index contributed by atoms with van der Waals surface area (Å²) in [5, 5.41) is 0. The third kappa shape index (κ3) is 3.66. The van der Waals surface area contributed by atoms with Crippen LogP contribution in [-0.4, -0.2) is 0 Å². The Balaban J connectivity index is 2.85. The maximum Gasteiger partial charge on any atom is -0.0134 e. The van der Waals surface area contributed by atoms with E-state index in [4.69, 9.17) is 0 Å². The minimum atomic E-state index is 0.449. The van der Waals surface area contributed by atoms with Gasteiger partial charge in [-0.1, -0.05) is 71.4 Å². The smallest absolute Gasteiger partial charge is 0.0134 e. The number of hydrogen-bond donors (Lipinski definition) is 0. The third-order valence-corrected chi connectivity index (χ3v) is 3.76. The quantitative estimate of drug-likeness (QED) is 0.633. The molecule has 16 heavy (non-hydrogen) atoms. The molecule has 0 amide bonds. The normalized spacial score (nSPS) is 14.1. The zero-order valence-electron chi connectivity index (χ0n) is 11.5. The van der Waals surface area contributed by atoms with Crippen molar-refractivity contribution in [2.45, 2.75) is 53.4 Å². The molecule has 0 heterocycles.